The van der Waals surface area contributed by atoms with Gasteiger partial charge in [-0.15, -0.1) is 0 Å². The van der Waals surface area contributed by atoms with Gasteiger partial charge >= 0.3 is 0 Å². The van der Waals surface area contributed by atoms with Gasteiger partial charge in [0.25, 0.3) is 0 Å². The molecule has 0 spiro atoms. The summed E-state index contributed by atoms with van der Waals surface area (Å²) in [6.07, 6.45) is 0. The fourth-order valence-electron chi connectivity index (χ4n) is 0. The first-order valence-corrected chi connectivity index (χ1v) is 0. The summed E-state index contributed by atoms with van der Waals surface area (Å²) in [4.78, 5) is 0. The maximum absolute atomic E-state index is 0. The van der Waals surface area contributed by atoms with E-state index in [1.165, 1.54) is 0 Å². The molecule has 6 heteroatoms. The van der Waals surface area contributed by atoms with Gasteiger partial charge in [-0.2, -0.15) is 0 Å². The van der Waals surface area contributed by atoms with Crippen molar-refractivity contribution < 1.29 is 112 Å². The van der Waals surface area contributed by atoms with E-state index in [4.69, 9.17) is 0 Å². The van der Waals surface area contributed by atoms with E-state index in [9.17, 15) is 0 Å². The van der Waals surface area contributed by atoms with E-state index in [-0.39, 0.29) is 112 Å². The Morgan fingerprint density at radius 1 is 0.333 bits per heavy atom. The predicted octanol–water partition coefficient (Wildman–Crippen LogP) is -12.0. The Bertz CT molecular complexity index is 5.51. The van der Waals surface area contributed by atoms with Crippen molar-refractivity contribution in [3.05, 3.63) is 0 Å². The van der Waals surface area contributed by atoms with Crippen LogP contribution in [0.4, 0.5) is 0 Å². The molecule has 0 aromatic carbocycles. The number of rotatable bonds is 0. The van der Waals surface area contributed by atoms with Gasteiger partial charge in [0.2, 0.25) is 0 Å². The second kappa shape index (κ2) is 40.9. The first-order valence-electron chi connectivity index (χ1n) is 0. The minimum absolute atomic E-state index is 0. The molecule has 0 aliphatic carbocycles. The zero-order chi connectivity index (χ0) is 0. The maximum Gasteiger partial charge on any atom is 0 e. The van der Waals surface area contributed by atoms with Crippen molar-refractivity contribution in [1.29, 1.82) is 0 Å². The van der Waals surface area contributed by atoms with E-state index in [0.717, 1.165) is 0 Å². The van der Waals surface area contributed by atoms with Crippen molar-refractivity contribution in [2.24, 2.45) is 0 Å². The van der Waals surface area contributed by atoms with Gasteiger partial charge in [-0.3, -0.25) is 0 Å². The molecular weight excluding hydrogens is 618 g/mol. The first-order chi connectivity index (χ1) is 0. The largest absolute Gasteiger partial charge is 1.00 e. The van der Waals surface area contributed by atoms with Crippen LogP contribution in [0, 0.1) is 62.2 Å². The zero-order valence-electron chi connectivity index (χ0n) is 2.51. The third kappa shape index (κ3) is 26.8. The molecule has 6 heavy (non-hydrogen) atoms. The van der Waals surface area contributed by atoms with Crippen LogP contribution in [-0.2, 0) is 0 Å². The van der Waals surface area contributed by atoms with Crippen LogP contribution in [0.15, 0.2) is 0 Å². The van der Waals surface area contributed by atoms with Crippen LogP contribution in [0.25, 0.3) is 0 Å². The standard InChI is InChI=1S/4ClH.2U/h4*1H;;/p-4. The molecule has 0 aromatic heterocycles. The average molecular weight is 618 g/mol. The minimum atomic E-state index is 0. The van der Waals surface area contributed by atoms with Crippen molar-refractivity contribution in [2.75, 3.05) is 0 Å². The average Bonchev–Trinajstić information content (AvgIpc) is 0. The smallest absolute Gasteiger partial charge is 0 e. The van der Waals surface area contributed by atoms with Crippen LogP contribution >= 0.6 is 0 Å². The minimum Gasteiger partial charge on any atom is -1.00 e. The zero-order valence-corrected chi connectivity index (χ0v) is 13.9. The van der Waals surface area contributed by atoms with Crippen LogP contribution < -0.4 is 49.6 Å². The maximum atomic E-state index is 0. The van der Waals surface area contributed by atoms with E-state index in [1.54, 1.807) is 0 Å². The molecular formula is Cl4U2-4. The molecule has 0 atom stereocenters. The molecule has 0 saturated carbocycles. The monoisotopic (exact) mass is 616 g/mol. The second-order valence-corrected chi connectivity index (χ2v) is 0. The SMILES string of the molecule is [Cl-].[Cl-].[Cl-].[Cl-].[U].[U]. The molecule has 0 N–H and O–H groups in total. The third-order valence-corrected chi connectivity index (χ3v) is 0. The van der Waals surface area contributed by atoms with Gasteiger partial charge in [-0.05, 0) is 0 Å². The van der Waals surface area contributed by atoms with Gasteiger partial charge < -0.3 is 49.6 Å². The Kier molecular flexibility index (Phi) is 405. The molecule has 0 aromatic rings. The van der Waals surface area contributed by atoms with E-state index < -0.39 is 0 Å². The molecule has 0 saturated heterocycles. The summed E-state index contributed by atoms with van der Waals surface area (Å²) in [5.41, 5.74) is 0. The molecule has 0 aliphatic heterocycles. The Morgan fingerprint density at radius 3 is 0.333 bits per heavy atom. The summed E-state index contributed by atoms with van der Waals surface area (Å²) in [7, 11) is 0. The molecule has 0 amide bonds. The molecule has 0 unspecified atom stereocenters. The number of hydrogen-bond acceptors (Lipinski definition) is 0. The summed E-state index contributed by atoms with van der Waals surface area (Å²) in [6, 6.07) is 0. The topological polar surface area (TPSA) is 0 Å². The Balaban J connectivity index is 0. The van der Waals surface area contributed by atoms with Crippen molar-refractivity contribution in [3.8, 4) is 0 Å². The Morgan fingerprint density at radius 2 is 0.333 bits per heavy atom. The number of halogens is 4. The molecule has 0 radical (unpaired) electrons. The normalized spacial score (nSPS) is 0. The third-order valence-electron chi connectivity index (χ3n) is 0. The van der Waals surface area contributed by atoms with Gasteiger partial charge in [0.1, 0.15) is 0 Å². The summed E-state index contributed by atoms with van der Waals surface area (Å²) in [5, 5.41) is 0. The van der Waals surface area contributed by atoms with E-state index >= 15 is 0 Å². The van der Waals surface area contributed by atoms with Gasteiger partial charge in [0.05, 0.1) is 0 Å². The van der Waals surface area contributed by atoms with Crippen LogP contribution in [0.2, 0.25) is 0 Å². The van der Waals surface area contributed by atoms with Crippen LogP contribution in [0.3, 0.4) is 0 Å². The van der Waals surface area contributed by atoms with Crippen molar-refractivity contribution in [3.63, 3.8) is 0 Å². The van der Waals surface area contributed by atoms with Gasteiger partial charge in [-0.25, -0.2) is 0 Å². The Labute approximate surface area is 110 Å². The summed E-state index contributed by atoms with van der Waals surface area (Å²) >= 11 is 0. The number of hydrogen-bond donors (Lipinski definition) is 0. The molecule has 0 heterocycles. The van der Waals surface area contributed by atoms with Crippen LogP contribution in [0.1, 0.15) is 0 Å². The fourth-order valence-corrected chi connectivity index (χ4v) is 0. The predicted molar refractivity (Wildman–Crippen MR) is 0 cm³/mol. The molecule has 0 aliphatic rings. The summed E-state index contributed by atoms with van der Waals surface area (Å²) < 4.78 is 0. The van der Waals surface area contributed by atoms with Crippen molar-refractivity contribution in [2.45, 2.75) is 0 Å². The molecule has 40 valence electrons. The van der Waals surface area contributed by atoms with Crippen molar-refractivity contribution >= 4 is 0 Å². The summed E-state index contributed by atoms with van der Waals surface area (Å²) in [5.74, 6) is 0. The fraction of sp³-hybridized carbons (Fsp3) is 0. The van der Waals surface area contributed by atoms with Crippen molar-refractivity contribution in [1.82, 2.24) is 0 Å². The Hall–Kier alpha value is 3.26. The van der Waals surface area contributed by atoms with E-state index in [1.807, 2.05) is 0 Å². The second-order valence-electron chi connectivity index (χ2n) is 0. The summed E-state index contributed by atoms with van der Waals surface area (Å²) in [6.45, 7) is 0. The quantitative estimate of drug-likeness (QED) is 0.254. The van der Waals surface area contributed by atoms with Crippen LogP contribution in [0.5, 0.6) is 0 Å². The van der Waals surface area contributed by atoms with Gasteiger partial charge in [-0.1, -0.05) is 0 Å². The molecule has 0 fully saturated rings. The van der Waals surface area contributed by atoms with Gasteiger partial charge in [0, 0.05) is 62.2 Å². The molecule has 0 nitrogen and oxygen atoms in total. The van der Waals surface area contributed by atoms with E-state index in [2.05, 4.69) is 0 Å². The molecule has 0 bridgehead atoms. The first kappa shape index (κ1) is 59.4. The molecule has 0 rings (SSSR count). The van der Waals surface area contributed by atoms with Crippen LogP contribution in [-0.4, -0.2) is 0 Å². The van der Waals surface area contributed by atoms with E-state index in [0.29, 0.717) is 0 Å². The van der Waals surface area contributed by atoms with Gasteiger partial charge in [0.15, 0.2) is 0 Å².